The lowest BCUT2D eigenvalue weighted by molar-refractivity contribution is 0.415. The minimum Gasteiger partial charge on any atom is -0.497 e. The van der Waals surface area contributed by atoms with Crippen molar-refractivity contribution in [1.82, 2.24) is 15.2 Å². The van der Waals surface area contributed by atoms with E-state index in [4.69, 9.17) is 9.72 Å². The van der Waals surface area contributed by atoms with Crippen molar-refractivity contribution in [1.29, 1.82) is 0 Å². The van der Waals surface area contributed by atoms with Crippen molar-refractivity contribution in [2.75, 3.05) is 61.1 Å². The van der Waals surface area contributed by atoms with Gasteiger partial charge in [-0.05, 0) is 37.1 Å². The van der Waals surface area contributed by atoms with E-state index < -0.39 is 0 Å². The molecule has 0 radical (unpaired) electrons. The Hall–Kier alpha value is -2.57. The van der Waals surface area contributed by atoms with Gasteiger partial charge in [-0.1, -0.05) is 0 Å². The Bertz CT molecular complexity index is 693. The quantitative estimate of drug-likeness (QED) is 0.841. The summed E-state index contributed by atoms with van der Waals surface area (Å²) in [5, 5.41) is 8.44. The topological polar surface area (TPSA) is 57.6 Å². The molecule has 0 unspecified atom stereocenters. The minimum absolute atomic E-state index is 0.749. The van der Waals surface area contributed by atoms with Crippen molar-refractivity contribution in [2.45, 2.75) is 12.8 Å². The van der Waals surface area contributed by atoms with E-state index in [0.29, 0.717) is 0 Å². The summed E-state index contributed by atoms with van der Waals surface area (Å²) >= 11 is 0. The molecule has 2 aliphatic rings. The van der Waals surface area contributed by atoms with Crippen molar-refractivity contribution >= 4 is 17.5 Å². The van der Waals surface area contributed by atoms with Crippen molar-refractivity contribution in [2.24, 2.45) is 0 Å². The lowest BCUT2D eigenvalue weighted by Gasteiger charge is -2.36. The molecule has 0 atom stereocenters. The molecule has 3 heterocycles. The number of ether oxygens (including phenoxy) is 1. The first-order chi connectivity index (χ1) is 12.3. The molecule has 132 valence electrons. The predicted molar refractivity (Wildman–Crippen MR) is 98.7 cm³/mol. The van der Waals surface area contributed by atoms with Gasteiger partial charge in [0.1, 0.15) is 5.75 Å². The van der Waals surface area contributed by atoms with Gasteiger partial charge in [0.25, 0.3) is 0 Å². The van der Waals surface area contributed by atoms with Crippen molar-refractivity contribution in [3.63, 3.8) is 0 Å². The maximum Gasteiger partial charge on any atom is 0.247 e. The van der Waals surface area contributed by atoms with Crippen LogP contribution in [0.25, 0.3) is 0 Å². The highest BCUT2D eigenvalue weighted by Gasteiger charge is 2.21. The van der Waals surface area contributed by atoms with Crippen LogP contribution in [0.5, 0.6) is 5.75 Å². The standard InChI is InChI=1S/C18H24N6O/c1-25-16-6-4-15(5-7-16)22-10-12-24(13-11-22)18-20-17(14-19-21-18)23-8-2-3-9-23/h4-7,14H,2-3,8-13H2,1H3. The number of benzene rings is 1. The zero-order valence-electron chi connectivity index (χ0n) is 14.6. The Morgan fingerprint density at radius 2 is 1.52 bits per heavy atom. The van der Waals surface area contributed by atoms with Crippen LogP contribution in [-0.2, 0) is 0 Å². The normalized spacial score (nSPS) is 17.9. The highest BCUT2D eigenvalue weighted by atomic mass is 16.5. The number of hydrogen-bond donors (Lipinski definition) is 0. The maximum absolute atomic E-state index is 5.23. The second-order valence-corrected chi connectivity index (χ2v) is 6.48. The first-order valence-corrected chi connectivity index (χ1v) is 8.92. The van der Waals surface area contributed by atoms with Gasteiger partial charge in [0.05, 0.1) is 13.3 Å². The molecular formula is C18H24N6O. The Balaban J connectivity index is 1.40. The molecule has 7 nitrogen and oxygen atoms in total. The van der Waals surface area contributed by atoms with Crippen LogP contribution in [-0.4, -0.2) is 61.6 Å². The number of nitrogens with zero attached hydrogens (tertiary/aromatic N) is 6. The van der Waals surface area contributed by atoms with Crippen molar-refractivity contribution in [3.8, 4) is 5.75 Å². The largest absolute Gasteiger partial charge is 0.497 e. The fraction of sp³-hybridized carbons (Fsp3) is 0.500. The summed E-state index contributed by atoms with van der Waals surface area (Å²) in [7, 11) is 1.69. The third kappa shape index (κ3) is 3.45. The van der Waals surface area contributed by atoms with Crippen LogP contribution in [0.15, 0.2) is 30.5 Å². The van der Waals surface area contributed by atoms with Gasteiger partial charge in [-0.2, -0.15) is 10.1 Å². The van der Waals surface area contributed by atoms with Crippen LogP contribution in [0.3, 0.4) is 0 Å². The highest BCUT2D eigenvalue weighted by Crippen LogP contribution is 2.23. The van der Waals surface area contributed by atoms with Gasteiger partial charge in [-0.15, -0.1) is 5.10 Å². The average Bonchev–Trinajstić information content (AvgIpc) is 3.23. The molecule has 1 aromatic carbocycles. The minimum atomic E-state index is 0.749. The molecule has 0 saturated carbocycles. The van der Waals surface area contributed by atoms with Gasteiger partial charge < -0.3 is 19.4 Å². The summed E-state index contributed by atoms with van der Waals surface area (Å²) in [5.41, 5.74) is 1.23. The second kappa shape index (κ2) is 7.13. The first-order valence-electron chi connectivity index (χ1n) is 8.92. The SMILES string of the molecule is COc1ccc(N2CCN(c3nncc(N4CCCC4)n3)CC2)cc1. The van der Waals surface area contributed by atoms with E-state index in [1.807, 2.05) is 12.1 Å². The molecule has 25 heavy (non-hydrogen) atoms. The Morgan fingerprint density at radius 1 is 0.840 bits per heavy atom. The smallest absolute Gasteiger partial charge is 0.247 e. The van der Waals surface area contributed by atoms with E-state index >= 15 is 0 Å². The Labute approximate surface area is 148 Å². The maximum atomic E-state index is 5.23. The average molecular weight is 340 g/mol. The van der Waals surface area contributed by atoms with Crippen LogP contribution in [0.4, 0.5) is 17.5 Å². The summed E-state index contributed by atoms with van der Waals surface area (Å²) in [6.07, 6.45) is 4.25. The molecule has 2 fully saturated rings. The molecule has 0 N–H and O–H groups in total. The summed E-state index contributed by atoms with van der Waals surface area (Å²) in [6, 6.07) is 8.24. The van der Waals surface area contributed by atoms with Crippen molar-refractivity contribution in [3.05, 3.63) is 30.5 Å². The molecule has 0 spiro atoms. The summed E-state index contributed by atoms with van der Waals surface area (Å²) < 4.78 is 5.23. The zero-order chi connectivity index (χ0) is 17.1. The highest BCUT2D eigenvalue weighted by molar-refractivity contribution is 5.51. The van der Waals surface area contributed by atoms with Crippen LogP contribution in [0.1, 0.15) is 12.8 Å². The van der Waals surface area contributed by atoms with Gasteiger partial charge in [-0.25, -0.2) is 0 Å². The zero-order valence-corrected chi connectivity index (χ0v) is 14.6. The molecule has 0 aliphatic carbocycles. The fourth-order valence-corrected chi connectivity index (χ4v) is 3.48. The number of methoxy groups -OCH3 is 1. The van der Waals surface area contributed by atoms with E-state index in [1.165, 1.54) is 18.5 Å². The molecular weight excluding hydrogens is 316 g/mol. The number of hydrogen-bond acceptors (Lipinski definition) is 7. The Kier molecular flexibility index (Phi) is 4.54. The van der Waals surface area contributed by atoms with E-state index in [1.54, 1.807) is 13.3 Å². The number of anilines is 3. The third-order valence-corrected chi connectivity index (χ3v) is 4.97. The number of aromatic nitrogens is 3. The van der Waals surface area contributed by atoms with E-state index in [-0.39, 0.29) is 0 Å². The monoisotopic (exact) mass is 340 g/mol. The number of rotatable bonds is 4. The van der Waals surface area contributed by atoms with Crippen LogP contribution in [0, 0.1) is 0 Å². The lowest BCUT2D eigenvalue weighted by Crippen LogP contribution is -2.47. The number of piperazine rings is 1. The first kappa shape index (κ1) is 15.9. The van der Waals surface area contributed by atoms with Gasteiger partial charge in [-0.3, -0.25) is 0 Å². The van der Waals surface area contributed by atoms with Gasteiger partial charge in [0.2, 0.25) is 5.95 Å². The lowest BCUT2D eigenvalue weighted by atomic mass is 10.2. The van der Waals surface area contributed by atoms with E-state index in [2.05, 4.69) is 37.0 Å². The van der Waals surface area contributed by atoms with Crippen LogP contribution >= 0.6 is 0 Å². The third-order valence-electron chi connectivity index (χ3n) is 4.97. The summed E-state index contributed by atoms with van der Waals surface area (Å²) in [6.45, 7) is 5.84. The molecule has 2 aromatic rings. The molecule has 7 heteroatoms. The fourth-order valence-electron chi connectivity index (χ4n) is 3.48. The van der Waals surface area contributed by atoms with Gasteiger partial charge >= 0.3 is 0 Å². The van der Waals surface area contributed by atoms with Gasteiger partial charge in [0.15, 0.2) is 5.82 Å². The van der Waals surface area contributed by atoms with Gasteiger partial charge in [0, 0.05) is 45.0 Å². The molecule has 0 amide bonds. The van der Waals surface area contributed by atoms with E-state index in [9.17, 15) is 0 Å². The van der Waals surface area contributed by atoms with Crippen molar-refractivity contribution < 1.29 is 4.74 Å². The van der Waals surface area contributed by atoms with E-state index in [0.717, 1.165) is 56.8 Å². The summed E-state index contributed by atoms with van der Waals surface area (Å²) in [5.74, 6) is 2.60. The molecule has 2 saturated heterocycles. The molecule has 2 aliphatic heterocycles. The predicted octanol–water partition coefficient (Wildman–Crippen LogP) is 1.81. The van der Waals surface area contributed by atoms with Crippen LogP contribution in [0.2, 0.25) is 0 Å². The van der Waals surface area contributed by atoms with Crippen LogP contribution < -0.4 is 19.4 Å². The molecule has 4 rings (SSSR count). The second-order valence-electron chi connectivity index (χ2n) is 6.48. The molecule has 0 bridgehead atoms. The molecule has 1 aromatic heterocycles. The Morgan fingerprint density at radius 3 is 2.20 bits per heavy atom. The summed E-state index contributed by atoms with van der Waals surface area (Å²) in [4.78, 5) is 11.7.